The van der Waals surface area contributed by atoms with E-state index in [-0.39, 0.29) is 47.9 Å². The van der Waals surface area contributed by atoms with Crippen molar-refractivity contribution >= 4 is 34.1 Å². The minimum Gasteiger partial charge on any atom is -0.481 e. The maximum Gasteiger partial charge on any atom is 0.416 e. The average molecular weight is 656 g/mol. The topological polar surface area (TPSA) is 97.7 Å². The SMILES string of the molecule is C.CC[C@@H]1CCCN1Cc1sc(Nc2ncnc(N3CCN(CCC(=O)O)[C@@H](C)C3)c2F)nc1-c1cc(F)cc(C(F)(F)F)c1. The van der Waals surface area contributed by atoms with E-state index in [1.54, 1.807) is 4.90 Å². The maximum absolute atomic E-state index is 15.8. The molecule has 9 nitrogen and oxygen atoms in total. The lowest BCUT2D eigenvalue weighted by molar-refractivity contribution is -0.138. The Bertz CT molecular complexity index is 1490. The normalized spacial score (nSPS) is 19.5. The first-order valence-electron chi connectivity index (χ1n) is 14.5. The number of hydrogen-bond donors (Lipinski definition) is 2. The van der Waals surface area contributed by atoms with Crippen LogP contribution in [0.5, 0.6) is 0 Å². The van der Waals surface area contributed by atoms with Gasteiger partial charge in [0.1, 0.15) is 12.1 Å². The number of carboxylic acids is 1. The first-order valence-corrected chi connectivity index (χ1v) is 15.3. The van der Waals surface area contributed by atoms with Crippen LogP contribution < -0.4 is 10.2 Å². The van der Waals surface area contributed by atoms with Gasteiger partial charge in [0.2, 0.25) is 5.82 Å². The van der Waals surface area contributed by atoms with E-state index in [2.05, 4.69) is 32.1 Å². The summed E-state index contributed by atoms with van der Waals surface area (Å²) in [7, 11) is 0. The number of rotatable bonds is 10. The molecule has 15 heteroatoms. The lowest BCUT2D eigenvalue weighted by Gasteiger charge is -2.40. The van der Waals surface area contributed by atoms with Crippen LogP contribution in [0.25, 0.3) is 11.3 Å². The predicted octanol–water partition coefficient (Wildman–Crippen LogP) is 6.64. The number of halogens is 5. The zero-order chi connectivity index (χ0) is 31.6. The molecular weight excluding hydrogens is 617 g/mol. The summed E-state index contributed by atoms with van der Waals surface area (Å²) in [5.41, 5.74) is -0.926. The minimum absolute atomic E-state index is 0. The number of alkyl halides is 3. The van der Waals surface area contributed by atoms with Crippen molar-refractivity contribution < 1.29 is 31.9 Å². The first kappa shape index (κ1) is 34.4. The largest absolute Gasteiger partial charge is 0.481 e. The van der Waals surface area contributed by atoms with E-state index < -0.39 is 29.3 Å². The third-order valence-corrected chi connectivity index (χ3v) is 9.14. The second-order valence-electron chi connectivity index (χ2n) is 11.2. The van der Waals surface area contributed by atoms with E-state index in [0.29, 0.717) is 49.7 Å². The van der Waals surface area contributed by atoms with Crippen LogP contribution >= 0.6 is 11.3 Å². The fourth-order valence-corrected chi connectivity index (χ4v) is 6.92. The number of hydrogen-bond acceptors (Lipinski definition) is 9. The van der Waals surface area contributed by atoms with Crippen LogP contribution in [0, 0.1) is 11.6 Å². The number of thiazole rings is 1. The van der Waals surface area contributed by atoms with Crippen molar-refractivity contribution in [2.45, 2.75) is 71.8 Å². The Morgan fingerprint density at radius 3 is 2.60 bits per heavy atom. The predicted molar refractivity (Wildman–Crippen MR) is 164 cm³/mol. The molecule has 0 bridgehead atoms. The summed E-state index contributed by atoms with van der Waals surface area (Å²) in [6.07, 6.45) is -0.584. The van der Waals surface area contributed by atoms with Crippen LogP contribution in [-0.4, -0.2) is 80.6 Å². The van der Waals surface area contributed by atoms with E-state index >= 15 is 4.39 Å². The Hall–Kier alpha value is -3.43. The molecule has 0 spiro atoms. The Morgan fingerprint density at radius 1 is 1.13 bits per heavy atom. The van der Waals surface area contributed by atoms with Crippen LogP contribution in [0.1, 0.15) is 57.4 Å². The molecule has 45 heavy (non-hydrogen) atoms. The molecule has 2 aromatic heterocycles. The summed E-state index contributed by atoms with van der Waals surface area (Å²) in [6, 6.07) is 2.64. The fourth-order valence-electron chi connectivity index (χ4n) is 5.91. The Labute approximate surface area is 263 Å². The van der Waals surface area contributed by atoms with Crippen molar-refractivity contribution in [3.05, 3.63) is 46.6 Å². The van der Waals surface area contributed by atoms with Crippen LogP contribution in [0.2, 0.25) is 0 Å². The molecule has 2 saturated heterocycles. The number of piperazine rings is 1. The average Bonchev–Trinajstić information content (AvgIpc) is 3.59. The van der Waals surface area contributed by atoms with Crippen LogP contribution in [0.3, 0.4) is 0 Å². The zero-order valence-electron chi connectivity index (χ0n) is 24.4. The molecule has 5 rings (SSSR count). The molecule has 3 aromatic rings. The number of anilines is 3. The summed E-state index contributed by atoms with van der Waals surface area (Å²) in [4.78, 5) is 30.4. The zero-order valence-corrected chi connectivity index (χ0v) is 25.2. The highest BCUT2D eigenvalue weighted by atomic mass is 32.1. The molecule has 1 aromatic carbocycles. The van der Waals surface area contributed by atoms with Gasteiger partial charge in [0.05, 0.1) is 17.7 Å². The number of benzene rings is 1. The van der Waals surface area contributed by atoms with Crippen LogP contribution in [-0.2, 0) is 17.5 Å². The smallest absolute Gasteiger partial charge is 0.416 e. The lowest BCUT2D eigenvalue weighted by Crippen LogP contribution is -2.52. The second-order valence-corrected chi connectivity index (χ2v) is 12.2. The Morgan fingerprint density at radius 2 is 1.91 bits per heavy atom. The van der Waals surface area contributed by atoms with E-state index in [1.807, 2.05) is 11.8 Å². The summed E-state index contributed by atoms with van der Waals surface area (Å²) >= 11 is 1.16. The molecule has 0 unspecified atom stereocenters. The standard InChI is InChI=1S/C29H34F5N7O2S.CH4/c1-3-21-5-4-7-40(21)15-22-25(18-11-19(29(32,33)34)13-20(30)12-18)37-28(44-22)38-26-24(31)27(36-16-35-26)41-10-9-39(17(2)14-41)8-6-23(42)43;/h11-13,16-17,21H,3-10,14-15H2,1-2H3,(H,42,43)(H,35,36,37,38);1H4/t17-,21+;/m0./s1. The number of nitrogens with zero attached hydrogens (tertiary/aromatic N) is 6. The summed E-state index contributed by atoms with van der Waals surface area (Å²) in [5, 5.41) is 12.1. The first-order chi connectivity index (χ1) is 20.9. The van der Waals surface area contributed by atoms with Gasteiger partial charge in [-0.2, -0.15) is 17.6 Å². The van der Waals surface area contributed by atoms with Gasteiger partial charge in [0, 0.05) is 55.2 Å². The van der Waals surface area contributed by atoms with Gasteiger partial charge in [-0.25, -0.2) is 19.3 Å². The number of likely N-dealkylation sites (tertiary alicyclic amines) is 1. The molecule has 0 saturated carbocycles. The van der Waals surface area contributed by atoms with E-state index in [1.165, 1.54) is 6.33 Å². The molecule has 2 aliphatic rings. The number of aliphatic carboxylic acids is 1. The molecule has 2 atom stereocenters. The summed E-state index contributed by atoms with van der Waals surface area (Å²) in [6.45, 7) is 7.02. The van der Waals surface area contributed by atoms with E-state index in [9.17, 15) is 22.4 Å². The number of aromatic nitrogens is 3. The number of carbonyl (C=O) groups is 1. The van der Waals surface area contributed by atoms with Crippen molar-refractivity contribution in [2.75, 3.05) is 42.9 Å². The quantitative estimate of drug-likeness (QED) is 0.233. The Balaban J connectivity index is 0.00000461. The lowest BCUT2D eigenvalue weighted by atomic mass is 10.1. The number of nitrogens with one attached hydrogen (secondary N) is 1. The van der Waals surface area contributed by atoms with Crippen LogP contribution in [0.15, 0.2) is 24.5 Å². The van der Waals surface area contributed by atoms with Crippen molar-refractivity contribution in [1.29, 1.82) is 0 Å². The molecular formula is C30H38F5N7O2S. The minimum atomic E-state index is -4.74. The molecule has 2 fully saturated rings. The van der Waals surface area contributed by atoms with Crippen molar-refractivity contribution in [2.24, 2.45) is 0 Å². The third kappa shape index (κ3) is 8.05. The van der Waals surface area contributed by atoms with E-state index in [0.717, 1.165) is 49.3 Å². The van der Waals surface area contributed by atoms with Gasteiger partial charge in [-0.15, -0.1) is 0 Å². The third-order valence-electron chi connectivity index (χ3n) is 8.19. The highest BCUT2D eigenvalue weighted by Crippen LogP contribution is 2.39. The Kier molecular flexibility index (Phi) is 11.0. The highest BCUT2D eigenvalue weighted by Gasteiger charge is 2.33. The molecule has 4 heterocycles. The summed E-state index contributed by atoms with van der Waals surface area (Å²) in [5.74, 6) is -2.69. The molecule has 2 aliphatic heterocycles. The molecule has 0 amide bonds. The maximum atomic E-state index is 15.8. The van der Waals surface area contributed by atoms with Crippen molar-refractivity contribution in [3.63, 3.8) is 0 Å². The van der Waals surface area contributed by atoms with Gasteiger partial charge in [0.25, 0.3) is 0 Å². The molecule has 0 radical (unpaired) electrons. The van der Waals surface area contributed by atoms with Gasteiger partial charge in [-0.1, -0.05) is 25.7 Å². The van der Waals surface area contributed by atoms with Gasteiger partial charge in [0.15, 0.2) is 16.8 Å². The van der Waals surface area contributed by atoms with Crippen LogP contribution in [0.4, 0.5) is 38.7 Å². The molecule has 2 N–H and O–H groups in total. The highest BCUT2D eigenvalue weighted by molar-refractivity contribution is 7.16. The van der Waals surface area contributed by atoms with Gasteiger partial charge in [-0.05, 0) is 50.9 Å². The van der Waals surface area contributed by atoms with Gasteiger partial charge < -0.3 is 15.3 Å². The van der Waals surface area contributed by atoms with E-state index in [4.69, 9.17) is 5.11 Å². The monoisotopic (exact) mass is 655 g/mol. The van der Waals surface area contributed by atoms with Crippen molar-refractivity contribution in [3.8, 4) is 11.3 Å². The fraction of sp³-hybridized carbons (Fsp3) is 0.533. The van der Waals surface area contributed by atoms with Gasteiger partial charge in [-0.3, -0.25) is 14.6 Å². The second kappa shape index (κ2) is 14.3. The number of carboxylic acid groups (broad SMARTS) is 1. The molecule has 246 valence electrons. The van der Waals surface area contributed by atoms with Crippen molar-refractivity contribution in [1.82, 2.24) is 24.8 Å². The van der Waals surface area contributed by atoms with Gasteiger partial charge >= 0.3 is 12.1 Å². The molecule has 0 aliphatic carbocycles. The summed E-state index contributed by atoms with van der Waals surface area (Å²) < 4.78 is 70.8.